The third-order valence-electron chi connectivity index (χ3n) is 6.17. The quantitative estimate of drug-likeness (QED) is 0.797. The molecular weight excluding hydrogens is 358 g/mol. The van der Waals surface area contributed by atoms with Gasteiger partial charge < -0.3 is 10.2 Å². The van der Waals surface area contributed by atoms with Crippen LogP contribution in [0.4, 0.5) is 4.79 Å². The lowest BCUT2D eigenvalue weighted by atomic mass is 9.96. The van der Waals surface area contributed by atoms with Crippen LogP contribution in [-0.4, -0.2) is 42.0 Å². The molecule has 0 atom stereocenters. The first-order valence-electron chi connectivity index (χ1n) is 10.9. The Labute approximate surface area is 174 Å². The first-order valence-corrected chi connectivity index (χ1v) is 10.9. The average Bonchev–Trinajstić information content (AvgIpc) is 3.29. The molecule has 0 bridgehead atoms. The molecule has 0 radical (unpaired) electrons. The summed E-state index contributed by atoms with van der Waals surface area (Å²) in [7, 11) is 0. The van der Waals surface area contributed by atoms with Crippen LogP contribution in [0.2, 0.25) is 0 Å². The van der Waals surface area contributed by atoms with Gasteiger partial charge in [0.25, 0.3) is 0 Å². The summed E-state index contributed by atoms with van der Waals surface area (Å²) in [4.78, 5) is 17.0. The lowest BCUT2D eigenvalue weighted by molar-refractivity contribution is 0.122. The van der Waals surface area contributed by atoms with E-state index >= 15 is 0 Å². The second kappa shape index (κ2) is 9.75. The Morgan fingerprint density at radius 2 is 1.41 bits per heavy atom. The Kier molecular flexibility index (Phi) is 6.63. The fourth-order valence-corrected chi connectivity index (χ4v) is 4.56. The van der Waals surface area contributed by atoms with Crippen LogP contribution < -0.4 is 5.32 Å². The van der Waals surface area contributed by atoms with Gasteiger partial charge in [-0.25, -0.2) is 4.79 Å². The van der Waals surface area contributed by atoms with Gasteiger partial charge in [-0.1, -0.05) is 79.6 Å². The maximum Gasteiger partial charge on any atom is 0.321 e. The molecule has 1 heterocycles. The number of amides is 2. The predicted octanol–water partition coefficient (Wildman–Crippen LogP) is 4.81. The summed E-state index contributed by atoms with van der Waals surface area (Å²) in [5, 5.41) is 2.97. The van der Waals surface area contributed by atoms with Crippen molar-refractivity contribution in [1.82, 2.24) is 15.1 Å². The lowest BCUT2D eigenvalue weighted by Crippen LogP contribution is -2.51. The minimum absolute atomic E-state index is 0.0230. The van der Waals surface area contributed by atoms with Crippen LogP contribution in [0.3, 0.4) is 0 Å². The Morgan fingerprint density at radius 3 is 1.97 bits per heavy atom. The number of piperazine rings is 1. The number of urea groups is 1. The van der Waals surface area contributed by atoms with Crippen molar-refractivity contribution in [2.24, 2.45) is 5.92 Å². The monoisotopic (exact) mass is 389 g/mol. The minimum atomic E-state index is 0.0230. The molecule has 1 aliphatic heterocycles. The zero-order valence-electron chi connectivity index (χ0n) is 17.0. The van der Waals surface area contributed by atoms with Gasteiger partial charge in [-0.3, -0.25) is 4.90 Å². The summed E-state index contributed by atoms with van der Waals surface area (Å²) in [6, 6.07) is 21.6. The van der Waals surface area contributed by atoms with E-state index in [1.54, 1.807) is 0 Å². The molecule has 29 heavy (non-hydrogen) atoms. The summed E-state index contributed by atoms with van der Waals surface area (Å²) < 4.78 is 0. The van der Waals surface area contributed by atoms with Crippen LogP contribution >= 0.6 is 0 Å². The van der Waals surface area contributed by atoms with Crippen molar-refractivity contribution in [3.63, 3.8) is 0 Å². The van der Waals surface area contributed by atoms with Crippen molar-refractivity contribution >= 4 is 6.03 Å². The molecule has 1 saturated carbocycles. The topological polar surface area (TPSA) is 35.6 Å². The molecule has 4 heteroatoms. The van der Waals surface area contributed by atoms with Crippen LogP contribution in [0.5, 0.6) is 0 Å². The van der Waals surface area contributed by atoms with Crippen LogP contribution in [0, 0.1) is 5.92 Å². The first kappa shape index (κ1) is 19.7. The van der Waals surface area contributed by atoms with Gasteiger partial charge in [0.1, 0.15) is 0 Å². The Morgan fingerprint density at radius 1 is 0.862 bits per heavy atom. The van der Waals surface area contributed by atoms with Gasteiger partial charge in [0.05, 0.1) is 6.04 Å². The molecule has 0 spiro atoms. The largest absolute Gasteiger partial charge is 0.322 e. The number of nitrogens with one attached hydrogen (secondary N) is 1. The number of carbonyl (C=O) groups excluding carboxylic acids is 1. The molecule has 152 valence electrons. The summed E-state index contributed by atoms with van der Waals surface area (Å²) >= 11 is 0. The molecule has 2 amide bonds. The van der Waals surface area contributed by atoms with Crippen molar-refractivity contribution in [3.05, 3.63) is 84.1 Å². The molecule has 2 aliphatic rings. The summed E-state index contributed by atoms with van der Waals surface area (Å²) in [5.41, 5.74) is 2.60. The first-order chi connectivity index (χ1) is 14.3. The maximum atomic E-state index is 12.5. The van der Waals surface area contributed by atoms with Crippen molar-refractivity contribution in [1.29, 1.82) is 0 Å². The maximum absolute atomic E-state index is 12.5. The van der Waals surface area contributed by atoms with E-state index in [0.29, 0.717) is 5.92 Å². The number of benzene rings is 2. The average molecular weight is 390 g/mol. The fourth-order valence-electron chi connectivity index (χ4n) is 4.56. The SMILES string of the molecule is O=C(N/C=C/C1CCCC1)N1CCN(C(c2ccccc2)c2ccccc2)CC1. The van der Waals surface area contributed by atoms with Gasteiger partial charge in [0, 0.05) is 32.4 Å². The molecule has 1 aliphatic carbocycles. The Bertz CT molecular complexity index is 752. The number of hydrogen-bond acceptors (Lipinski definition) is 2. The van der Waals surface area contributed by atoms with Crippen LogP contribution in [0.1, 0.15) is 42.9 Å². The van der Waals surface area contributed by atoms with Gasteiger partial charge in [0.2, 0.25) is 0 Å². The van der Waals surface area contributed by atoms with E-state index in [1.165, 1.54) is 36.8 Å². The highest BCUT2D eigenvalue weighted by molar-refractivity contribution is 5.75. The number of rotatable bonds is 5. The van der Waals surface area contributed by atoms with Gasteiger partial charge in [-0.15, -0.1) is 0 Å². The van der Waals surface area contributed by atoms with Gasteiger partial charge >= 0.3 is 6.03 Å². The molecule has 2 aromatic carbocycles. The molecule has 0 unspecified atom stereocenters. The third-order valence-corrected chi connectivity index (χ3v) is 6.17. The molecule has 1 N–H and O–H groups in total. The van der Waals surface area contributed by atoms with Gasteiger partial charge in [-0.2, -0.15) is 0 Å². The molecule has 2 aromatic rings. The summed E-state index contributed by atoms with van der Waals surface area (Å²) in [6.07, 6.45) is 9.17. The van der Waals surface area contributed by atoms with Crippen LogP contribution in [-0.2, 0) is 0 Å². The summed E-state index contributed by atoms with van der Waals surface area (Å²) in [6.45, 7) is 3.24. The predicted molar refractivity (Wildman–Crippen MR) is 118 cm³/mol. The highest BCUT2D eigenvalue weighted by atomic mass is 16.2. The second-order valence-electron chi connectivity index (χ2n) is 8.10. The molecular formula is C25H31N3O. The van der Waals surface area contributed by atoms with Crippen LogP contribution in [0.15, 0.2) is 72.9 Å². The number of allylic oxidation sites excluding steroid dienone is 1. The molecule has 4 rings (SSSR count). The van der Waals surface area contributed by atoms with E-state index < -0.39 is 0 Å². The third kappa shape index (κ3) is 5.07. The number of nitrogens with zero attached hydrogens (tertiary/aromatic N) is 2. The minimum Gasteiger partial charge on any atom is -0.322 e. The second-order valence-corrected chi connectivity index (χ2v) is 8.10. The molecule has 2 fully saturated rings. The standard InChI is InChI=1S/C25H31N3O/c29-25(26-16-15-21-9-7-8-10-21)28-19-17-27(18-20-28)24(22-11-3-1-4-12-22)23-13-5-2-6-14-23/h1-6,11-16,21,24H,7-10,17-20H2,(H,26,29)/b16-15+. The van der Waals surface area contributed by atoms with E-state index in [4.69, 9.17) is 0 Å². The van der Waals surface area contributed by atoms with E-state index in [-0.39, 0.29) is 12.1 Å². The molecule has 4 nitrogen and oxygen atoms in total. The zero-order valence-corrected chi connectivity index (χ0v) is 17.0. The van der Waals surface area contributed by atoms with E-state index in [1.807, 2.05) is 11.1 Å². The van der Waals surface area contributed by atoms with E-state index in [9.17, 15) is 4.79 Å². The number of carbonyl (C=O) groups is 1. The molecule has 1 saturated heterocycles. The fraction of sp³-hybridized carbons (Fsp3) is 0.400. The van der Waals surface area contributed by atoms with Crippen molar-refractivity contribution < 1.29 is 4.79 Å². The van der Waals surface area contributed by atoms with Crippen molar-refractivity contribution in [2.45, 2.75) is 31.7 Å². The van der Waals surface area contributed by atoms with Crippen molar-refractivity contribution in [2.75, 3.05) is 26.2 Å². The number of hydrogen-bond donors (Lipinski definition) is 1. The van der Waals surface area contributed by atoms with Gasteiger partial charge in [-0.05, 0) is 29.9 Å². The zero-order chi connectivity index (χ0) is 19.9. The summed E-state index contributed by atoms with van der Waals surface area (Å²) in [5.74, 6) is 0.643. The van der Waals surface area contributed by atoms with Gasteiger partial charge in [0.15, 0.2) is 0 Å². The van der Waals surface area contributed by atoms with E-state index in [0.717, 1.165) is 26.2 Å². The Balaban J connectivity index is 1.37. The normalized spacial score (nSPS) is 18.6. The van der Waals surface area contributed by atoms with Crippen molar-refractivity contribution in [3.8, 4) is 0 Å². The molecule has 0 aromatic heterocycles. The smallest absolute Gasteiger partial charge is 0.321 e. The lowest BCUT2D eigenvalue weighted by Gasteiger charge is -2.39. The Hall–Kier alpha value is -2.59. The highest BCUT2D eigenvalue weighted by Gasteiger charge is 2.27. The van der Waals surface area contributed by atoms with E-state index in [2.05, 4.69) is 77.0 Å². The van der Waals surface area contributed by atoms with Crippen LogP contribution in [0.25, 0.3) is 0 Å². The highest BCUT2D eigenvalue weighted by Crippen LogP contribution is 2.29.